The second-order valence-electron chi connectivity index (χ2n) is 4.61. The third-order valence-electron chi connectivity index (χ3n) is 2.90. The van der Waals surface area contributed by atoms with Crippen LogP contribution in [0.5, 0.6) is 0 Å². The van der Waals surface area contributed by atoms with Crippen LogP contribution in [-0.2, 0) is 14.8 Å². The van der Waals surface area contributed by atoms with E-state index in [4.69, 9.17) is 0 Å². The summed E-state index contributed by atoms with van der Waals surface area (Å²) in [5.74, 6) is -0.937. The lowest BCUT2D eigenvalue weighted by molar-refractivity contribution is -0.384. The van der Waals surface area contributed by atoms with Crippen molar-refractivity contribution in [3.63, 3.8) is 0 Å². The van der Waals surface area contributed by atoms with Crippen LogP contribution in [0, 0.1) is 10.1 Å². The molecule has 0 radical (unpaired) electrons. The number of sulfonamides is 1. The summed E-state index contributed by atoms with van der Waals surface area (Å²) in [6.07, 6.45) is 2.14. The van der Waals surface area contributed by atoms with Crippen LogP contribution in [0.2, 0.25) is 0 Å². The van der Waals surface area contributed by atoms with Crippen molar-refractivity contribution in [2.75, 3.05) is 17.6 Å². The zero-order valence-electron chi connectivity index (χ0n) is 12.4. The average molecular weight is 330 g/mol. The summed E-state index contributed by atoms with van der Waals surface area (Å²) in [6, 6.07) is 3.29. The Labute approximate surface area is 128 Å². The Bertz CT molecular complexity index is 656. The predicted octanol–water partition coefficient (Wildman–Crippen LogP) is 2.31. The van der Waals surface area contributed by atoms with Gasteiger partial charge in [-0.25, -0.2) is 13.2 Å². The van der Waals surface area contributed by atoms with Gasteiger partial charge in [0.25, 0.3) is 5.69 Å². The van der Waals surface area contributed by atoms with Crippen LogP contribution < -0.4 is 4.72 Å². The lowest BCUT2D eigenvalue weighted by Gasteiger charge is -2.11. The first-order valence-corrected chi connectivity index (χ1v) is 8.33. The van der Waals surface area contributed by atoms with E-state index < -0.39 is 20.9 Å². The maximum absolute atomic E-state index is 12.0. The summed E-state index contributed by atoms with van der Waals surface area (Å²) in [7, 11) is -2.52. The minimum absolute atomic E-state index is 0.0334. The molecule has 1 aromatic rings. The second-order valence-corrected chi connectivity index (χ2v) is 6.45. The number of methoxy groups -OCH3 is 1. The van der Waals surface area contributed by atoms with Crippen molar-refractivity contribution >= 4 is 27.4 Å². The smallest absolute Gasteiger partial charge is 0.340 e. The Morgan fingerprint density at radius 3 is 2.59 bits per heavy atom. The van der Waals surface area contributed by atoms with Crippen molar-refractivity contribution in [2.24, 2.45) is 0 Å². The molecule has 22 heavy (non-hydrogen) atoms. The van der Waals surface area contributed by atoms with Crippen molar-refractivity contribution in [1.29, 1.82) is 0 Å². The van der Waals surface area contributed by atoms with Crippen molar-refractivity contribution in [1.82, 2.24) is 0 Å². The van der Waals surface area contributed by atoms with Crippen LogP contribution in [-0.4, -0.2) is 32.2 Å². The maximum atomic E-state index is 12.0. The van der Waals surface area contributed by atoms with E-state index in [1.54, 1.807) is 0 Å². The third kappa shape index (κ3) is 4.99. The van der Waals surface area contributed by atoms with Crippen LogP contribution in [0.25, 0.3) is 0 Å². The van der Waals surface area contributed by atoms with E-state index in [1.807, 2.05) is 6.92 Å². The molecule has 0 saturated heterocycles. The molecule has 0 amide bonds. The highest BCUT2D eigenvalue weighted by molar-refractivity contribution is 7.92. The van der Waals surface area contributed by atoms with Gasteiger partial charge in [-0.15, -0.1) is 0 Å². The highest BCUT2D eigenvalue weighted by Gasteiger charge is 2.20. The van der Waals surface area contributed by atoms with Gasteiger partial charge in [0.2, 0.25) is 10.0 Å². The molecule has 0 unspecified atom stereocenters. The molecule has 0 aliphatic carbocycles. The molecular formula is C13H18N2O6S. The highest BCUT2D eigenvalue weighted by Crippen LogP contribution is 2.24. The van der Waals surface area contributed by atoms with Gasteiger partial charge < -0.3 is 4.74 Å². The number of non-ortho nitro benzene ring substituents is 1. The van der Waals surface area contributed by atoms with Gasteiger partial charge in [-0.05, 0) is 12.5 Å². The number of nitro groups is 1. The Kier molecular flexibility index (Phi) is 6.29. The van der Waals surface area contributed by atoms with E-state index in [9.17, 15) is 23.3 Å². The molecule has 1 aromatic carbocycles. The first-order valence-electron chi connectivity index (χ1n) is 6.68. The third-order valence-corrected chi connectivity index (χ3v) is 4.26. The first kappa shape index (κ1) is 17.9. The largest absolute Gasteiger partial charge is 0.465 e. The van der Waals surface area contributed by atoms with Gasteiger partial charge in [0, 0.05) is 12.1 Å². The van der Waals surface area contributed by atoms with Crippen molar-refractivity contribution in [3.8, 4) is 0 Å². The fourth-order valence-electron chi connectivity index (χ4n) is 1.77. The number of unbranched alkanes of at least 4 members (excludes halogenated alkanes) is 2. The predicted molar refractivity (Wildman–Crippen MR) is 81.4 cm³/mol. The number of benzene rings is 1. The van der Waals surface area contributed by atoms with Gasteiger partial charge in [-0.3, -0.25) is 14.8 Å². The van der Waals surface area contributed by atoms with Crippen LogP contribution in [0.1, 0.15) is 36.5 Å². The number of nitrogens with zero attached hydrogens (tertiary/aromatic N) is 1. The van der Waals surface area contributed by atoms with Gasteiger partial charge >= 0.3 is 5.97 Å². The van der Waals surface area contributed by atoms with Crippen molar-refractivity contribution in [3.05, 3.63) is 33.9 Å². The Morgan fingerprint density at radius 1 is 1.36 bits per heavy atom. The number of hydrogen-bond acceptors (Lipinski definition) is 6. The molecule has 0 aliphatic rings. The van der Waals surface area contributed by atoms with E-state index in [2.05, 4.69) is 9.46 Å². The zero-order chi connectivity index (χ0) is 16.8. The normalized spacial score (nSPS) is 11.0. The summed E-state index contributed by atoms with van der Waals surface area (Å²) in [5.41, 5.74) is -0.556. The molecule has 0 saturated carbocycles. The van der Waals surface area contributed by atoms with E-state index in [1.165, 1.54) is 6.07 Å². The number of anilines is 1. The number of carbonyl (C=O) groups is 1. The molecule has 0 spiro atoms. The second kappa shape index (κ2) is 7.74. The van der Waals surface area contributed by atoms with Crippen LogP contribution in [0.3, 0.4) is 0 Å². The summed E-state index contributed by atoms with van der Waals surface area (Å²) in [6.45, 7) is 1.95. The van der Waals surface area contributed by atoms with Crippen LogP contribution in [0.4, 0.5) is 11.4 Å². The standard InChI is InChI=1S/C13H18N2O6S/c1-3-4-5-8-22(19,20)14-12-7-6-10(15(17)18)9-11(12)13(16)21-2/h6-7,9,14H,3-5,8H2,1-2H3. The quantitative estimate of drug-likeness (QED) is 0.338. The minimum atomic E-state index is -3.63. The van der Waals surface area contributed by atoms with Gasteiger partial charge in [-0.1, -0.05) is 19.8 Å². The van der Waals surface area contributed by atoms with Gasteiger partial charge in [0.1, 0.15) is 0 Å². The molecular weight excluding hydrogens is 312 g/mol. The zero-order valence-corrected chi connectivity index (χ0v) is 13.2. The Hall–Kier alpha value is -2.16. The van der Waals surface area contributed by atoms with Crippen molar-refractivity contribution < 1.29 is 22.9 Å². The van der Waals surface area contributed by atoms with E-state index in [0.29, 0.717) is 6.42 Å². The highest BCUT2D eigenvalue weighted by atomic mass is 32.2. The molecule has 0 fully saturated rings. The van der Waals surface area contributed by atoms with Gasteiger partial charge in [0.05, 0.1) is 29.0 Å². The fourth-order valence-corrected chi connectivity index (χ4v) is 2.97. The summed E-state index contributed by atoms with van der Waals surface area (Å²) < 4.78 is 30.7. The summed E-state index contributed by atoms with van der Waals surface area (Å²) in [4.78, 5) is 21.8. The molecule has 8 nitrogen and oxygen atoms in total. The van der Waals surface area contributed by atoms with Gasteiger partial charge in [-0.2, -0.15) is 0 Å². The topological polar surface area (TPSA) is 116 Å². The van der Waals surface area contributed by atoms with E-state index in [-0.39, 0.29) is 22.7 Å². The molecule has 122 valence electrons. The minimum Gasteiger partial charge on any atom is -0.465 e. The lowest BCUT2D eigenvalue weighted by Crippen LogP contribution is -2.19. The number of nitrogens with one attached hydrogen (secondary N) is 1. The number of nitro benzene ring substituents is 1. The van der Waals surface area contributed by atoms with Gasteiger partial charge in [0.15, 0.2) is 0 Å². The average Bonchev–Trinajstić information content (AvgIpc) is 2.46. The molecule has 1 rings (SSSR count). The summed E-state index contributed by atoms with van der Waals surface area (Å²) >= 11 is 0. The van der Waals surface area contributed by atoms with Crippen LogP contribution >= 0.6 is 0 Å². The molecule has 0 bridgehead atoms. The lowest BCUT2D eigenvalue weighted by atomic mass is 10.1. The number of ether oxygens (including phenoxy) is 1. The monoisotopic (exact) mass is 330 g/mol. The Balaban J connectivity index is 3.08. The van der Waals surface area contributed by atoms with Crippen LogP contribution in [0.15, 0.2) is 18.2 Å². The molecule has 9 heteroatoms. The van der Waals surface area contributed by atoms with E-state index in [0.717, 1.165) is 32.1 Å². The number of carbonyl (C=O) groups excluding carboxylic acids is 1. The number of esters is 1. The molecule has 1 N–H and O–H groups in total. The first-order chi connectivity index (χ1) is 10.3. The fraction of sp³-hybridized carbons (Fsp3) is 0.462. The summed E-state index contributed by atoms with van der Waals surface area (Å²) in [5, 5.41) is 10.7. The molecule has 0 aromatic heterocycles. The number of rotatable bonds is 8. The maximum Gasteiger partial charge on any atom is 0.340 e. The SMILES string of the molecule is CCCCCS(=O)(=O)Nc1ccc([N+](=O)[O-])cc1C(=O)OC. The number of hydrogen-bond donors (Lipinski definition) is 1. The molecule has 0 aliphatic heterocycles. The molecule has 0 heterocycles. The van der Waals surface area contributed by atoms with Crippen molar-refractivity contribution in [2.45, 2.75) is 26.2 Å². The molecule has 0 atom stereocenters. The Morgan fingerprint density at radius 2 is 2.05 bits per heavy atom. The van der Waals surface area contributed by atoms with E-state index >= 15 is 0 Å².